The Labute approximate surface area is 120 Å². The number of amides is 1. The maximum absolute atomic E-state index is 11.6. The summed E-state index contributed by atoms with van der Waals surface area (Å²) in [4.78, 5) is 20.6. The SMILES string of the molecule is COP(=O)(O)OCC(C)(C)C(O)C(=O)NCCI. The first-order valence-corrected chi connectivity index (χ1v) is 8.23. The lowest BCUT2D eigenvalue weighted by Gasteiger charge is -2.29. The predicted octanol–water partition coefficient (Wildman–Crippen LogP) is 0.688. The topological polar surface area (TPSA) is 105 Å². The number of alkyl halides is 1. The smallest absolute Gasteiger partial charge is 0.383 e. The van der Waals surface area contributed by atoms with Crippen LogP contribution in [-0.4, -0.2) is 46.7 Å². The fourth-order valence-corrected chi connectivity index (χ4v) is 1.87. The molecule has 0 spiro atoms. The number of hydrogen-bond acceptors (Lipinski definition) is 5. The summed E-state index contributed by atoms with van der Waals surface area (Å²) in [7, 11) is -3.07. The van der Waals surface area contributed by atoms with Gasteiger partial charge in [0, 0.05) is 23.5 Å². The molecule has 0 heterocycles. The first-order valence-electron chi connectivity index (χ1n) is 5.21. The third-order valence-corrected chi connectivity index (χ3v) is 3.67. The average molecular weight is 395 g/mol. The molecule has 0 fully saturated rings. The van der Waals surface area contributed by atoms with Gasteiger partial charge in [-0.15, -0.1) is 0 Å². The Bertz CT molecular complexity index is 324. The van der Waals surface area contributed by atoms with E-state index in [1.165, 1.54) is 0 Å². The molecule has 0 aromatic heterocycles. The average Bonchev–Trinajstić information content (AvgIpc) is 2.32. The molecule has 7 nitrogen and oxygen atoms in total. The molecule has 3 N–H and O–H groups in total. The molecule has 0 aromatic carbocycles. The van der Waals surface area contributed by atoms with Crippen LogP contribution < -0.4 is 5.32 Å². The zero-order chi connectivity index (χ0) is 14.4. The van der Waals surface area contributed by atoms with Crippen molar-refractivity contribution in [3.63, 3.8) is 0 Å². The number of carbonyl (C=O) groups excluding carboxylic acids is 1. The lowest BCUT2D eigenvalue weighted by Crippen LogP contribution is -2.46. The molecule has 18 heavy (non-hydrogen) atoms. The molecule has 1 amide bonds. The number of aliphatic hydroxyl groups excluding tert-OH is 1. The van der Waals surface area contributed by atoms with Crippen LogP contribution >= 0.6 is 30.4 Å². The van der Waals surface area contributed by atoms with Crippen LogP contribution in [0.3, 0.4) is 0 Å². The normalized spacial score (nSPS) is 17.0. The van der Waals surface area contributed by atoms with E-state index in [0.717, 1.165) is 11.5 Å². The Balaban J connectivity index is 4.43. The number of nitrogens with one attached hydrogen (secondary N) is 1. The third kappa shape index (κ3) is 6.44. The van der Waals surface area contributed by atoms with Crippen molar-refractivity contribution in [2.24, 2.45) is 5.41 Å². The summed E-state index contributed by atoms with van der Waals surface area (Å²) < 4.78 is 20.8. The number of carbonyl (C=O) groups is 1. The van der Waals surface area contributed by atoms with Gasteiger partial charge in [-0.05, 0) is 0 Å². The van der Waals surface area contributed by atoms with Gasteiger partial charge in [0.05, 0.1) is 6.61 Å². The number of halogens is 1. The summed E-state index contributed by atoms with van der Waals surface area (Å²) in [6.45, 7) is 3.27. The fourth-order valence-electron chi connectivity index (χ4n) is 1.00. The molecule has 0 aliphatic carbocycles. The van der Waals surface area contributed by atoms with Crippen LogP contribution in [0.25, 0.3) is 0 Å². The highest BCUT2D eigenvalue weighted by Crippen LogP contribution is 2.43. The van der Waals surface area contributed by atoms with Crippen molar-refractivity contribution in [2.75, 3.05) is 24.7 Å². The molecule has 2 unspecified atom stereocenters. The molecule has 0 aliphatic rings. The minimum Gasteiger partial charge on any atom is -0.383 e. The molecule has 0 aliphatic heterocycles. The minimum atomic E-state index is -4.10. The molecule has 9 heteroatoms. The zero-order valence-corrected chi connectivity index (χ0v) is 13.6. The molecule has 0 rings (SSSR count). The van der Waals surface area contributed by atoms with Gasteiger partial charge in [0.2, 0.25) is 5.91 Å². The van der Waals surface area contributed by atoms with Crippen LogP contribution in [0.15, 0.2) is 0 Å². The Morgan fingerprint density at radius 1 is 1.56 bits per heavy atom. The van der Waals surface area contributed by atoms with E-state index in [1.807, 2.05) is 0 Å². The van der Waals surface area contributed by atoms with E-state index in [4.69, 9.17) is 4.89 Å². The largest absolute Gasteiger partial charge is 0.471 e. The van der Waals surface area contributed by atoms with Crippen molar-refractivity contribution in [2.45, 2.75) is 20.0 Å². The molecule has 2 atom stereocenters. The number of aliphatic hydroxyl groups is 1. The van der Waals surface area contributed by atoms with Gasteiger partial charge in [0.1, 0.15) is 6.10 Å². The fraction of sp³-hybridized carbons (Fsp3) is 0.889. The van der Waals surface area contributed by atoms with Gasteiger partial charge in [-0.2, -0.15) is 0 Å². The van der Waals surface area contributed by atoms with E-state index < -0.39 is 25.2 Å². The molecule has 0 bridgehead atoms. The van der Waals surface area contributed by atoms with Crippen molar-refractivity contribution < 1.29 is 28.4 Å². The first kappa shape index (κ1) is 18.3. The van der Waals surface area contributed by atoms with Gasteiger partial charge >= 0.3 is 7.82 Å². The quantitative estimate of drug-likeness (QED) is 0.317. The summed E-state index contributed by atoms with van der Waals surface area (Å²) in [5, 5.41) is 12.4. The monoisotopic (exact) mass is 395 g/mol. The summed E-state index contributed by atoms with van der Waals surface area (Å²) in [6.07, 6.45) is -1.34. The highest BCUT2D eigenvalue weighted by molar-refractivity contribution is 14.1. The second kappa shape index (κ2) is 7.76. The Hall–Kier alpha value is 0.270. The van der Waals surface area contributed by atoms with Crippen LogP contribution in [0, 0.1) is 5.41 Å². The summed E-state index contributed by atoms with van der Waals surface area (Å²) >= 11 is 2.09. The second-order valence-electron chi connectivity index (χ2n) is 4.30. The van der Waals surface area contributed by atoms with E-state index in [-0.39, 0.29) is 6.61 Å². The zero-order valence-electron chi connectivity index (χ0n) is 10.6. The lowest BCUT2D eigenvalue weighted by molar-refractivity contribution is -0.136. The number of rotatable bonds is 8. The van der Waals surface area contributed by atoms with E-state index in [9.17, 15) is 14.5 Å². The molecule has 0 saturated heterocycles. The minimum absolute atomic E-state index is 0.284. The summed E-state index contributed by atoms with van der Waals surface area (Å²) in [5.41, 5.74) is -1.01. The molecular weight excluding hydrogens is 376 g/mol. The number of phosphoric acid groups is 1. The van der Waals surface area contributed by atoms with E-state index in [1.54, 1.807) is 13.8 Å². The highest BCUT2D eigenvalue weighted by atomic mass is 127. The van der Waals surface area contributed by atoms with Gasteiger partial charge in [0.25, 0.3) is 0 Å². The highest BCUT2D eigenvalue weighted by Gasteiger charge is 2.36. The predicted molar refractivity (Wildman–Crippen MR) is 74.5 cm³/mol. The lowest BCUT2D eigenvalue weighted by atomic mass is 9.87. The van der Waals surface area contributed by atoms with Crippen molar-refractivity contribution in [1.82, 2.24) is 5.32 Å². The van der Waals surface area contributed by atoms with Gasteiger partial charge in [-0.1, -0.05) is 36.4 Å². The van der Waals surface area contributed by atoms with E-state index in [2.05, 4.69) is 37.0 Å². The van der Waals surface area contributed by atoms with Crippen LogP contribution in [0.1, 0.15) is 13.8 Å². The third-order valence-electron chi connectivity index (χ3n) is 2.21. The molecule has 0 aromatic rings. The first-order chi connectivity index (χ1) is 8.16. The van der Waals surface area contributed by atoms with E-state index >= 15 is 0 Å². The molecule has 0 radical (unpaired) electrons. The molecule has 108 valence electrons. The number of phosphoric ester groups is 1. The molecule has 0 saturated carbocycles. The summed E-state index contributed by atoms with van der Waals surface area (Å²) in [6, 6.07) is 0. The maximum atomic E-state index is 11.6. The Kier molecular flexibility index (Phi) is 7.88. The Morgan fingerprint density at radius 3 is 2.56 bits per heavy atom. The van der Waals surface area contributed by atoms with Crippen LogP contribution in [-0.2, 0) is 18.4 Å². The van der Waals surface area contributed by atoms with Crippen molar-refractivity contribution in [1.29, 1.82) is 0 Å². The van der Waals surface area contributed by atoms with Gasteiger partial charge in [0.15, 0.2) is 0 Å². The van der Waals surface area contributed by atoms with E-state index in [0.29, 0.717) is 6.54 Å². The number of hydrogen-bond donors (Lipinski definition) is 3. The van der Waals surface area contributed by atoms with Crippen molar-refractivity contribution in [3.8, 4) is 0 Å². The summed E-state index contributed by atoms with van der Waals surface area (Å²) in [5.74, 6) is -0.537. The van der Waals surface area contributed by atoms with Crippen molar-refractivity contribution >= 4 is 36.3 Å². The maximum Gasteiger partial charge on any atom is 0.471 e. The van der Waals surface area contributed by atoms with Gasteiger partial charge in [-0.3, -0.25) is 13.8 Å². The van der Waals surface area contributed by atoms with Crippen LogP contribution in [0.2, 0.25) is 0 Å². The Morgan fingerprint density at radius 2 is 2.11 bits per heavy atom. The van der Waals surface area contributed by atoms with Gasteiger partial charge < -0.3 is 15.3 Å². The van der Waals surface area contributed by atoms with Crippen molar-refractivity contribution in [3.05, 3.63) is 0 Å². The standard InChI is InChI=1S/C9H19INO6P/c1-9(2,6-17-18(14,15)16-3)7(12)8(13)11-5-4-10/h7,12H,4-6H2,1-3H3,(H,11,13)(H,14,15). The molecular formula is C9H19INO6P. The van der Waals surface area contributed by atoms with Crippen LogP contribution in [0.4, 0.5) is 0 Å². The second-order valence-corrected chi connectivity index (χ2v) is 6.93. The van der Waals surface area contributed by atoms with Gasteiger partial charge in [-0.25, -0.2) is 4.57 Å². The van der Waals surface area contributed by atoms with Crippen LogP contribution in [0.5, 0.6) is 0 Å².